The average molecular weight is 329 g/mol. The van der Waals surface area contributed by atoms with Crippen LogP contribution < -0.4 is 5.32 Å². The van der Waals surface area contributed by atoms with Crippen molar-refractivity contribution in [3.05, 3.63) is 29.8 Å². The van der Waals surface area contributed by atoms with Gasteiger partial charge < -0.3 is 5.32 Å². The van der Waals surface area contributed by atoms with Crippen molar-refractivity contribution in [1.29, 1.82) is 0 Å². The Morgan fingerprint density at radius 1 is 1.24 bits per heavy atom. The molecule has 4 nitrogen and oxygen atoms in total. The number of thioether (sulfide) groups is 1. The molecule has 1 aromatic rings. The third-order valence-electron chi connectivity index (χ3n) is 3.54. The molecule has 0 aromatic heterocycles. The summed E-state index contributed by atoms with van der Waals surface area (Å²) < 4.78 is 27.5. The predicted octanol–water partition coefficient (Wildman–Crippen LogP) is 2.31. The summed E-state index contributed by atoms with van der Waals surface area (Å²) >= 11 is 1.86. The molecule has 1 aliphatic heterocycles. The van der Waals surface area contributed by atoms with E-state index in [-0.39, 0.29) is 0 Å². The molecule has 0 aliphatic carbocycles. The maximum atomic E-state index is 13.0. The van der Waals surface area contributed by atoms with Crippen molar-refractivity contribution in [2.75, 3.05) is 19.6 Å². The first-order valence-electron chi connectivity index (χ1n) is 7.39. The van der Waals surface area contributed by atoms with Crippen molar-refractivity contribution in [3.8, 4) is 0 Å². The Morgan fingerprint density at radius 2 is 1.86 bits per heavy atom. The van der Waals surface area contributed by atoms with Crippen molar-refractivity contribution in [2.24, 2.45) is 0 Å². The molecule has 2 atom stereocenters. The summed E-state index contributed by atoms with van der Waals surface area (Å²) in [5.41, 5.74) is 0.845. The van der Waals surface area contributed by atoms with Gasteiger partial charge in [0.05, 0.1) is 4.90 Å². The van der Waals surface area contributed by atoms with Gasteiger partial charge in [-0.3, -0.25) is 0 Å². The summed E-state index contributed by atoms with van der Waals surface area (Å²) in [6.45, 7) is 8.78. The second-order valence-electron chi connectivity index (χ2n) is 5.47. The molecule has 2 unspecified atom stereocenters. The Bertz CT molecular complexity index is 565. The van der Waals surface area contributed by atoms with Crippen LogP contribution in [0.15, 0.2) is 29.2 Å². The van der Waals surface area contributed by atoms with Gasteiger partial charge in [-0.1, -0.05) is 39.0 Å². The number of benzene rings is 1. The Hall–Kier alpha value is -0.560. The van der Waals surface area contributed by atoms with Gasteiger partial charge in [0.25, 0.3) is 0 Å². The molecule has 1 fully saturated rings. The molecule has 1 N–H and O–H groups in total. The highest BCUT2D eigenvalue weighted by Crippen LogP contribution is 2.29. The highest BCUT2D eigenvalue weighted by molar-refractivity contribution is 8.00. The molecule has 0 radical (unpaired) electrons. The Balaban J connectivity index is 2.31. The minimum Gasteiger partial charge on any atom is -0.313 e. The van der Waals surface area contributed by atoms with Crippen LogP contribution in [-0.4, -0.2) is 42.9 Å². The molecule has 0 bridgehead atoms. The third-order valence-corrected chi connectivity index (χ3v) is 6.70. The van der Waals surface area contributed by atoms with E-state index in [0.29, 0.717) is 35.0 Å². The summed E-state index contributed by atoms with van der Waals surface area (Å²) in [7, 11) is -3.41. The summed E-state index contributed by atoms with van der Waals surface area (Å²) in [5, 5.41) is 3.89. The SMILES string of the molecule is CCNCc1ccccc1S(=O)(=O)N1CC(C)SC(C)C1. The van der Waals surface area contributed by atoms with Crippen LogP contribution in [0, 0.1) is 0 Å². The van der Waals surface area contributed by atoms with E-state index in [4.69, 9.17) is 0 Å². The van der Waals surface area contributed by atoms with E-state index < -0.39 is 10.0 Å². The lowest BCUT2D eigenvalue weighted by Gasteiger charge is -2.34. The second kappa shape index (κ2) is 7.13. The minimum atomic E-state index is -3.41. The molecule has 0 spiro atoms. The van der Waals surface area contributed by atoms with Gasteiger partial charge in [-0.25, -0.2) is 8.42 Å². The molecule has 6 heteroatoms. The van der Waals surface area contributed by atoms with Crippen molar-refractivity contribution in [1.82, 2.24) is 9.62 Å². The summed E-state index contributed by atoms with van der Waals surface area (Å²) in [5.74, 6) is 0. The lowest BCUT2D eigenvalue weighted by Crippen LogP contribution is -2.44. The zero-order valence-corrected chi connectivity index (χ0v) is 14.5. The van der Waals surface area contributed by atoms with Gasteiger partial charge in [0.1, 0.15) is 0 Å². The maximum Gasteiger partial charge on any atom is 0.243 e. The molecule has 118 valence electrons. The lowest BCUT2D eigenvalue weighted by atomic mass is 10.2. The number of hydrogen-bond acceptors (Lipinski definition) is 4. The maximum absolute atomic E-state index is 13.0. The third kappa shape index (κ3) is 4.00. The molecule has 1 saturated heterocycles. The number of sulfonamides is 1. The van der Waals surface area contributed by atoms with E-state index in [9.17, 15) is 8.42 Å². The molecule has 0 amide bonds. The number of hydrogen-bond donors (Lipinski definition) is 1. The molecule has 1 heterocycles. The zero-order chi connectivity index (χ0) is 15.5. The number of rotatable bonds is 5. The Morgan fingerprint density at radius 3 is 2.48 bits per heavy atom. The normalized spacial score (nSPS) is 24.1. The molecule has 0 saturated carbocycles. The van der Waals surface area contributed by atoms with Crippen molar-refractivity contribution >= 4 is 21.8 Å². The van der Waals surface area contributed by atoms with Gasteiger partial charge in [-0.15, -0.1) is 0 Å². The van der Waals surface area contributed by atoms with E-state index in [1.807, 2.05) is 30.8 Å². The molecule has 1 aromatic carbocycles. The van der Waals surface area contributed by atoms with Gasteiger partial charge in [0, 0.05) is 30.1 Å². The van der Waals surface area contributed by atoms with Crippen molar-refractivity contribution < 1.29 is 8.42 Å². The standard InChI is InChI=1S/C15H24N2O2S2/c1-4-16-9-14-7-5-6-8-15(14)21(18,19)17-10-12(2)20-13(3)11-17/h5-8,12-13,16H,4,9-11H2,1-3H3. The lowest BCUT2D eigenvalue weighted by molar-refractivity contribution is 0.404. The number of nitrogens with zero attached hydrogens (tertiary/aromatic N) is 1. The summed E-state index contributed by atoms with van der Waals surface area (Å²) in [6.07, 6.45) is 0. The van der Waals surface area contributed by atoms with Crippen molar-refractivity contribution in [2.45, 2.75) is 42.7 Å². The monoisotopic (exact) mass is 328 g/mol. The van der Waals surface area contributed by atoms with Gasteiger partial charge in [-0.05, 0) is 18.2 Å². The number of nitrogens with one attached hydrogen (secondary N) is 1. The van der Waals surface area contributed by atoms with Gasteiger partial charge >= 0.3 is 0 Å². The van der Waals surface area contributed by atoms with Crippen LogP contribution in [0.2, 0.25) is 0 Å². The van der Waals surface area contributed by atoms with Crippen LogP contribution in [0.3, 0.4) is 0 Å². The van der Waals surface area contributed by atoms with Crippen LogP contribution in [0.25, 0.3) is 0 Å². The summed E-state index contributed by atoms with van der Waals surface area (Å²) in [6, 6.07) is 7.30. The van der Waals surface area contributed by atoms with E-state index in [1.165, 1.54) is 0 Å². The van der Waals surface area contributed by atoms with E-state index in [1.54, 1.807) is 16.4 Å². The fraction of sp³-hybridized carbons (Fsp3) is 0.600. The quantitative estimate of drug-likeness (QED) is 0.901. The molecule has 21 heavy (non-hydrogen) atoms. The first kappa shape index (κ1) is 16.8. The topological polar surface area (TPSA) is 49.4 Å². The van der Waals surface area contributed by atoms with E-state index >= 15 is 0 Å². The Kier molecular flexibility index (Phi) is 5.71. The highest BCUT2D eigenvalue weighted by Gasteiger charge is 2.33. The largest absolute Gasteiger partial charge is 0.313 e. The van der Waals surface area contributed by atoms with Crippen LogP contribution in [0.5, 0.6) is 0 Å². The van der Waals surface area contributed by atoms with E-state index in [0.717, 1.165) is 12.1 Å². The first-order valence-corrected chi connectivity index (χ1v) is 9.77. The van der Waals surface area contributed by atoms with Crippen LogP contribution >= 0.6 is 11.8 Å². The second-order valence-corrected chi connectivity index (χ2v) is 9.26. The molecule has 2 rings (SSSR count). The smallest absolute Gasteiger partial charge is 0.243 e. The minimum absolute atomic E-state index is 0.337. The molecular formula is C15H24N2O2S2. The van der Waals surface area contributed by atoms with Crippen LogP contribution in [0.1, 0.15) is 26.3 Å². The zero-order valence-electron chi connectivity index (χ0n) is 12.9. The predicted molar refractivity (Wildman–Crippen MR) is 89.1 cm³/mol. The van der Waals surface area contributed by atoms with E-state index in [2.05, 4.69) is 19.2 Å². The van der Waals surface area contributed by atoms with Gasteiger partial charge in [0.15, 0.2) is 0 Å². The van der Waals surface area contributed by atoms with Gasteiger partial charge in [0.2, 0.25) is 10.0 Å². The average Bonchev–Trinajstić information content (AvgIpc) is 2.44. The highest BCUT2D eigenvalue weighted by atomic mass is 32.2. The van der Waals surface area contributed by atoms with Gasteiger partial charge in [-0.2, -0.15) is 16.1 Å². The van der Waals surface area contributed by atoms with Crippen LogP contribution in [0.4, 0.5) is 0 Å². The summed E-state index contributed by atoms with van der Waals surface area (Å²) in [4.78, 5) is 0.442. The molecule has 1 aliphatic rings. The van der Waals surface area contributed by atoms with Crippen molar-refractivity contribution in [3.63, 3.8) is 0 Å². The first-order chi connectivity index (χ1) is 9.95. The van der Waals surface area contributed by atoms with Crippen LogP contribution in [-0.2, 0) is 16.6 Å². The fourth-order valence-electron chi connectivity index (χ4n) is 2.63. The Labute approximate surface area is 132 Å². The fourth-order valence-corrected chi connectivity index (χ4v) is 5.98. The molecular weight excluding hydrogens is 304 g/mol.